The first-order chi connectivity index (χ1) is 4.76. The Morgan fingerprint density at radius 3 is 1.27 bits per heavy atom. The van der Waals surface area contributed by atoms with Crippen molar-refractivity contribution in [2.45, 2.75) is 24.9 Å². The molecule has 0 aromatic rings. The summed E-state index contributed by atoms with van der Waals surface area (Å²) >= 11 is 0. The molecule has 0 rings (SSSR count). The molecule has 2 atom stereocenters. The third-order valence-electron chi connectivity index (χ3n) is 0.833. The van der Waals surface area contributed by atoms with Gasteiger partial charge in [-0.2, -0.15) is 13.2 Å². The van der Waals surface area contributed by atoms with E-state index in [-0.39, 0.29) is 0 Å². The van der Waals surface area contributed by atoms with E-state index >= 15 is 0 Å². The first-order valence-electron chi connectivity index (χ1n) is 2.40. The highest BCUT2D eigenvalue weighted by Gasteiger charge is 2.49. The maximum absolute atomic E-state index is 11.6. The van der Waals surface area contributed by atoms with Crippen molar-refractivity contribution in [2.24, 2.45) is 0 Å². The highest BCUT2D eigenvalue weighted by Crippen LogP contribution is 2.29. The highest BCUT2D eigenvalue weighted by molar-refractivity contribution is 4.76. The van der Waals surface area contributed by atoms with Gasteiger partial charge in [-0.15, -0.1) is 0 Å². The van der Waals surface area contributed by atoms with Crippen LogP contribution in [-0.4, -0.2) is 24.9 Å². The summed E-state index contributed by atoms with van der Waals surface area (Å²) in [6.07, 6.45) is -17.4. The predicted molar refractivity (Wildman–Crippen MR) is 21.9 cm³/mol. The number of alkyl halides is 7. The van der Waals surface area contributed by atoms with Gasteiger partial charge >= 0.3 is 6.18 Å². The van der Waals surface area contributed by atoms with Gasteiger partial charge in [0.15, 0.2) is 0 Å². The van der Waals surface area contributed by atoms with Crippen LogP contribution < -0.4 is 0 Å². The first kappa shape index (κ1) is 10.5. The zero-order chi connectivity index (χ0) is 9.23. The Hall–Kier alpha value is -0.490. The second-order valence-electron chi connectivity index (χ2n) is 1.72. The second kappa shape index (κ2) is 3.27. The van der Waals surface area contributed by atoms with Crippen molar-refractivity contribution in [3.63, 3.8) is 0 Å². The molecule has 11 heavy (non-hydrogen) atoms. The van der Waals surface area contributed by atoms with Crippen molar-refractivity contribution < 1.29 is 30.7 Å². The molecule has 68 valence electrons. The minimum Gasteiger partial charge on any atom is -0.238 e. The Morgan fingerprint density at radius 1 is 0.818 bits per heavy atom. The Kier molecular flexibility index (Phi) is 3.13. The molecular weight excluding hydrogens is 181 g/mol. The van der Waals surface area contributed by atoms with Crippen LogP contribution in [0.3, 0.4) is 0 Å². The lowest BCUT2D eigenvalue weighted by Crippen LogP contribution is -2.37. The normalized spacial score (nSPS) is 18.5. The van der Waals surface area contributed by atoms with Crippen LogP contribution in [0.25, 0.3) is 0 Å². The van der Waals surface area contributed by atoms with E-state index in [0.29, 0.717) is 0 Å². The summed E-state index contributed by atoms with van der Waals surface area (Å²) in [6, 6.07) is 0. The van der Waals surface area contributed by atoms with Gasteiger partial charge in [-0.25, -0.2) is 17.6 Å². The van der Waals surface area contributed by atoms with E-state index in [1.807, 2.05) is 0 Å². The van der Waals surface area contributed by atoms with Crippen LogP contribution in [0.15, 0.2) is 0 Å². The third-order valence-corrected chi connectivity index (χ3v) is 0.833. The summed E-state index contributed by atoms with van der Waals surface area (Å²) in [6.45, 7) is 0. The Bertz CT molecular complexity index is 116. The fraction of sp³-hybridized carbons (Fsp3) is 1.00. The quantitative estimate of drug-likeness (QED) is 0.578. The van der Waals surface area contributed by atoms with Gasteiger partial charge in [-0.1, -0.05) is 0 Å². The molecule has 2 unspecified atom stereocenters. The molecule has 0 N–H and O–H groups in total. The van der Waals surface area contributed by atoms with Gasteiger partial charge in [0.25, 0.3) is 6.43 Å². The molecule has 0 aliphatic rings. The van der Waals surface area contributed by atoms with E-state index in [1.54, 1.807) is 0 Å². The molecule has 0 bridgehead atoms. The molecule has 0 aliphatic heterocycles. The lowest BCUT2D eigenvalue weighted by molar-refractivity contribution is -0.208. The minimum absolute atomic E-state index is 3.80. The van der Waals surface area contributed by atoms with Gasteiger partial charge in [0.1, 0.15) is 0 Å². The second-order valence-corrected chi connectivity index (χ2v) is 1.72. The summed E-state index contributed by atoms with van der Waals surface area (Å²) in [7, 11) is 0. The SMILES string of the molecule is FC(F)C(F)C(F)C(F)(F)F. The molecule has 0 nitrogen and oxygen atoms in total. The van der Waals surface area contributed by atoms with Gasteiger partial charge in [0, 0.05) is 0 Å². The lowest BCUT2D eigenvalue weighted by atomic mass is 10.2. The maximum Gasteiger partial charge on any atom is 0.422 e. The van der Waals surface area contributed by atoms with Crippen molar-refractivity contribution >= 4 is 0 Å². The van der Waals surface area contributed by atoms with Crippen molar-refractivity contribution in [1.29, 1.82) is 0 Å². The molecule has 0 aromatic heterocycles. The summed E-state index contributed by atoms with van der Waals surface area (Å²) in [5.74, 6) is 0. The lowest BCUT2D eigenvalue weighted by Gasteiger charge is -2.15. The maximum atomic E-state index is 11.6. The minimum atomic E-state index is -5.56. The summed E-state index contributed by atoms with van der Waals surface area (Å²) in [5, 5.41) is 0. The van der Waals surface area contributed by atoms with Crippen LogP contribution >= 0.6 is 0 Å². The third kappa shape index (κ3) is 2.94. The van der Waals surface area contributed by atoms with Gasteiger partial charge in [-0.05, 0) is 0 Å². The standard InChI is InChI=1S/C4H3F7/c5-1(3(7)8)2(6)4(9,10)11/h1-3H. The number of hydrogen-bond donors (Lipinski definition) is 0. The van der Waals surface area contributed by atoms with Crippen LogP contribution in [0.2, 0.25) is 0 Å². The number of rotatable bonds is 2. The molecule has 0 fully saturated rings. The summed E-state index contributed by atoms with van der Waals surface area (Å²) in [4.78, 5) is 0. The molecule has 0 amide bonds. The van der Waals surface area contributed by atoms with Crippen molar-refractivity contribution in [3.8, 4) is 0 Å². The van der Waals surface area contributed by atoms with Gasteiger partial charge in [0.05, 0.1) is 0 Å². The topological polar surface area (TPSA) is 0 Å². The average molecular weight is 184 g/mol. The van der Waals surface area contributed by atoms with Gasteiger partial charge < -0.3 is 0 Å². The van der Waals surface area contributed by atoms with Crippen LogP contribution in [0.4, 0.5) is 30.7 Å². The molecule has 0 saturated heterocycles. The number of halogens is 7. The Labute approximate surface area is 57.0 Å². The van der Waals surface area contributed by atoms with Gasteiger partial charge in [0.2, 0.25) is 12.3 Å². The zero-order valence-corrected chi connectivity index (χ0v) is 4.88. The van der Waals surface area contributed by atoms with Crippen molar-refractivity contribution in [2.75, 3.05) is 0 Å². The molecule has 0 radical (unpaired) electrons. The Morgan fingerprint density at radius 2 is 1.18 bits per heavy atom. The van der Waals surface area contributed by atoms with E-state index in [0.717, 1.165) is 0 Å². The summed E-state index contributed by atoms with van der Waals surface area (Å²) in [5.41, 5.74) is 0. The highest BCUT2D eigenvalue weighted by atomic mass is 19.4. The van der Waals surface area contributed by atoms with E-state index in [1.165, 1.54) is 0 Å². The molecule has 0 aromatic carbocycles. The predicted octanol–water partition coefficient (Wildman–Crippen LogP) is 2.49. The van der Waals surface area contributed by atoms with Crippen molar-refractivity contribution in [1.82, 2.24) is 0 Å². The van der Waals surface area contributed by atoms with E-state index in [2.05, 4.69) is 0 Å². The van der Waals surface area contributed by atoms with Crippen LogP contribution in [0, 0.1) is 0 Å². The summed E-state index contributed by atoms with van der Waals surface area (Å²) < 4.78 is 78.7. The molecule has 0 aliphatic carbocycles. The zero-order valence-electron chi connectivity index (χ0n) is 4.88. The fourth-order valence-electron chi connectivity index (χ4n) is 0.308. The largest absolute Gasteiger partial charge is 0.422 e. The van der Waals surface area contributed by atoms with Gasteiger partial charge in [-0.3, -0.25) is 0 Å². The molecule has 0 heterocycles. The first-order valence-corrected chi connectivity index (χ1v) is 2.40. The smallest absolute Gasteiger partial charge is 0.238 e. The van der Waals surface area contributed by atoms with E-state index in [4.69, 9.17) is 0 Å². The monoisotopic (exact) mass is 184 g/mol. The van der Waals surface area contributed by atoms with Crippen LogP contribution in [-0.2, 0) is 0 Å². The van der Waals surface area contributed by atoms with Crippen LogP contribution in [0.5, 0.6) is 0 Å². The molecule has 0 spiro atoms. The van der Waals surface area contributed by atoms with E-state index < -0.39 is 24.9 Å². The van der Waals surface area contributed by atoms with Crippen molar-refractivity contribution in [3.05, 3.63) is 0 Å². The molecular formula is C4H3F7. The average Bonchev–Trinajstić information content (AvgIpc) is 1.82. The molecule has 0 saturated carbocycles. The van der Waals surface area contributed by atoms with E-state index in [9.17, 15) is 30.7 Å². The van der Waals surface area contributed by atoms with Crippen LogP contribution in [0.1, 0.15) is 0 Å². The number of hydrogen-bond acceptors (Lipinski definition) is 0. The fourth-order valence-corrected chi connectivity index (χ4v) is 0.308. The molecule has 7 heteroatoms. The Balaban J connectivity index is 4.13.